The van der Waals surface area contributed by atoms with Crippen LogP contribution < -0.4 is 0 Å². The smallest absolute Gasteiger partial charge is 0.298 e. The molecule has 4 N–H and O–H groups in total. The number of hydrogen-bond donors (Lipinski definition) is 4. The molecule has 0 fully saturated rings. The van der Waals surface area contributed by atoms with Crippen LogP contribution in [0.3, 0.4) is 0 Å². The molecule has 3 rings (SSSR count). The van der Waals surface area contributed by atoms with Crippen molar-refractivity contribution < 1.29 is 28.3 Å². The summed E-state index contributed by atoms with van der Waals surface area (Å²) in [7, 11) is -4.72. The minimum atomic E-state index is -4.72. The molecule has 0 spiro atoms. The third kappa shape index (κ3) is 4.34. The van der Waals surface area contributed by atoms with Gasteiger partial charge in [0.2, 0.25) is 0 Å². The van der Waals surface area contributed by atoms with Gasteiger partial charge in [0.15, 0.2) is 11.5 Å². The van der Waals surface area contributed by atoms with E-state index in [-0.39, 0.29) is 57.5 Å². The average Bonchev–Trinajstić information content (AvgIpc) is 2.56. The van der Waals surface area contributed by atoms with Gasteiger partial charge in [0.25, 0.3) is 10.1 Å². The van der Waals surface area contributed by atoms with Crippen LogP contribution in [0, 0.1) is 0 Å². The van der Waals surface area contributed by atoms with E-state index in [9.17, 15) is 23.7 Å². The first-order chi connectivity index (χ1) is 12.2. The molecule has 0 heterocycles. The van der Waals surface area contributed by atoms with Crippen molar-refractivity contribution in [2.75, 3.05) is 0 Å². The summed E-state index contributed by atoms with van der Waals surface area (Å²) in [4.78, 5) is -0.813. The van der Waals surface area contributed by atoms with Crippen LogP contribution in [-0.2, 0) is 10.1 Å². The number of nitrogens with zero attached hydrogens (tertiary/aromatic N) is 2. The maximum absolute atomic E-state index is 11.3. The van der Waals surface area contributed by atoms with Crippen molar-refractivity contribution in [2.24, 2.45) is 10.2 Å². The van der Waals surface area contributed by atoms with Crippen LogP contribution in [0.2, 0.25) is 5.02 Å². The van der Waals surface area contributed by atoms with Crippen molar-refractivity contribution in [3.63, 3.8) is 0 Å². The zero-order valence-electron chi connectivity index (χ0n) is 13.8. The third-order valence-electron chi connectivity index (χ3n) is 3.55. The van der Waals surface area contributed by atoms with Gasteiger partial charge in [-0.1, -0.05) is 23.7 Å². The maximum atomic E-state index is 11.3. The zero-order valence-corrected chi connectivity index (χ0v) is 17.4. The fraction of sp³-hybridized carbons (Fsp3) is 0. The van der Waals surface area contributed by atoms with Crippen molar-refractivity contribution in [3.05, 3.63) is 47.5 Å². The van der Waals surface area contributed by atoms with E-state index in [0.29, 0.717) is 10.8 Å². The quantitative estimate of drug-likeness (QED) is 0.289. The molecule has 1 radical (unpaired) electrons. The summed E-state index contributed by atoms with van der Waals surface area (Å²) in [6.45, 7) is 0. The van der Waals surface area contributed by atoms with Gasteiger partial charge < -0.3 is 15.3 Å². The van der Waals surface area contributed by atoms with E-state index in [2.05, 4.69) is 10.2 Å². The molecular formula is C16H11ClN2NaO6S. The van der Waals surface area contributed by atoms with Gasteiger partial charge in [-0.2, -0.15) is 8.42 Å². The van der Waals surface area contributed by atoms with Crippen molar-refractivity contribution in [1.82, 2.24) is 0 Å². The minimum Gasteiger partial charge on any atom is -0.507 e. The number of phenolic OH excluding ortho intramolecular Hbond substituents is 3. The van der Waals surface area contributed by atoms with Crippen LogP contribution in [0.4, 0.5) is 11.4 Å². The van der Waals surface area contributed by atoms with Gasteiger partial charge in [0.1, 0.15) is 22.0 Å². The van der Waals surface area contributed by atoms with Crippen LogP contribution in [0.1, 0.15) is 0 Å². The van der Waals surface area contributed by atoms with E-state index < -0.39 is 20.8 Å². The molecule has 0 aliphatic rings. The summed E-state index contributed by atoms with van der Waals surface area (Å²) in [5.74, 6) is -1.12. The van der Waals surface area contributed by atoms with E-state index in [1.165, 1.54) is 18.2 Å². The van der Waals surface area contributed by atoms with Crippen LogP contribution >= 0.6 is 11.6 Å². The maximum Gasteiger partial charge on any atom is 0.298 e. The first-order valence-corrected chi connectivity index (χ1v) is 8.85. The average molecular weight is 418 g/mol. The normalized spacial score (nSPS) is 11.6. The van der Waals surface area contributed by atoms with E-state index >= 15 is 0 Å². The van der Waals surface area contributed by atoms with Crippen molar-refractivity contribution in [1.29, 1.82) is 0 Å². The van der Waals surface area contributed by atoms with Gasteiger partial charge in [0.05, 0.1) is 0 Å². The second-order valence-electron chi connectivity index (χ2n) is 5.25. The van der Waals surface area contributed by atoms with Gasteiger partial charge in [-0.05, 0) is 30.3 Å². The molecule has 8 nitrogen and oxygen atoms in total. The molecule has 0 aliphatic carbocycles. The van der Waals surface area contributed by atoms with Gasteiger partial charge >= 0.3 is 0 Å². The van der Waals surface area contributed by atoms with Crippen molar-refractivity contribution in [3.8, 4) is 17.2 Å². The van der Waals surface area contributed by atoms with Gasteiger partial charge in [-0.3, -0.25) is 4.55 Å². The largest absolute Gasteiger partial charge is 0.507 e. The van der Waals surface area contributed by atoms with E-state index in [4.69, 9.17) is 16.2 Å². The molecule has 3 aromatic carbocycles. The van der Waals surface area contributed by atoms with Crippen LogP contribution in [0.5, 0.6) is 17.2 Å². The van der Waals surface area contributed by atoms with Gasteiger partial charge in [-0.15, -0.1) is 10.2 Å². The van der Waals surface area contributed by atoms with E-state index in [0.717, 1.165) is 12.1 Å². The Hall–Kier alpha value is -1.88. The number of fused-ring (bicyclic) bond motifs is 1. The summed E-state index contributed by atoms with van der Waals surface area (Å²) in [5, 5.41) is 38.1. The Morgan fingerprint density at radius 1 is 0.852 bits per heavy atom. The van der Waals surface area contributed by atoms with Crippen molar-refractivity contribution in [2.45, 2.75) is 4.90 Å². The Morgan fingerprint density at radius 3 is 2.19 bits per heavy atom. The van der Waals surface area contributed by atoms with Crippen LogP contribution in [-0.4, -0.2) is 57.8 Å². The summed E-state index contributed by atoms with van der Waals surface area (Å²) in [5.41, 5.74) is -0.309. The molecule has 0 saturated heterocycles. The topological polar surface area (TPSA) is 140 Å². The summed E-state index contributed by atoms with van der Waals surface area (Å²) < 4.78 is 31.6. The molecule has 0 saturated carbocycles. The van der Waals surface area contributed by atoms with E-state index in [1.807, 2.05) is 0 Å². The van der Waals surface area contributed by atoms with Crippen LogP contribution in [0.15, 0.2) is 57.6 Å². The molecule has 0 amide bonds. The Kier molecular flexibility index (Phi) is 6.35. The molecular weight excluding hydrogens is 407 g/mol. The number of azo groups is 1. The molecule has 27 heavy (non-hydrogen) atoms. The molecule has 0 bridgehead atoms. The molecule has 0 atom stereocenters. The monoisotopic (exact) mass is 417 g/mol. The fourth-order valence-electron chi connectivity index (χ4n) is 2.34. The molecule has 3 aromatic rings. The number of phenols is 3. The second kappa shape index (κ2) is 8.01. The van der Waals surface area contributed by atoms with Gasteiger partial charge in [0, 0.05) is 45.4 Å². The standard InChI is InChI=1S/C16H11ClN2O6S.Na/c17-8-6-12(16(22)14(7-8)26(23,24)25)19-18-11-5-4-9-10(15(11)21)2-1-3-13(9)20;/h1-7,20-22H,(H,23,24,25);. The van der Waals surface area contributed by atoms with Gasteiger partial charge in [-0.25, -0.2) is 0 Å². The number of aromatic hydroxyl groups is 3. The van der Waals surface area contributed by atoms with Crippen molar-refractivity contribution >= 4 is 73.4 Å². The number of rotatable bonds is 3. The molecule has 135 valence electrons. The summed E-state index contributed by atoms with van der Waals surface area (Å²) in [6.07, 6.45) is 0. The number of hydrogen-bond acceptors (Lipinski definition) is 7. The predicted molar refractivity (Wildman–Crippen MR) is 100 cm³/mol. The summed E-state index contributed by atoms with van der Waals surface area (Å²) in [6, 6.07) is 9.47. The Labute approximate surface area is 180 Å². The zero-order chi connectivity index (χ0) is 19.1. The molecule has 0 unspecified atom stereocenters. The van der Waals surface area contributed by atoms with E-state index in [1.54, 1.807) is 12.1 Å². The third-order valence-corrected chi connectivity index (χ3v) is 4.64. The molecule has 11 heteroatoms. The predicted octanol–water partition coefficient (Wildman–Crippen LogP) is 3.89. The first kappa shape index (κ1) is 21.4. The summed E-state index contributed by atoms with van der Waals surface area (Å²) >= 11 is 5.77. The van der Waals surface area contributed by atoms with Crippen LogP contribution in [0.25, 0.3) is 10.8 Å². The SMILES string of the molecule is O=S(=O)(O)c1cc(Cl)cc(N=Nc2ccc3c(O)cccc3c2O)c1O.[Na]. The second-order valence-corrected chi connectivity index (χ2v) is 7.08. The number of halogens is 1. The molecule has 0 aliphatic heterocycles. The molecule has 0 aromatic heterocycles. The Bertz CT molecular complexity index is 1170. The fourth-order valence-corrected chi connectivity index (χ4v) is 3.24. The first-order valence-electron chi connectivity index (χ1n) is 7.04. The number of benzene rings is 3. The Morgan fingerprint density at radius 2 is 1.52 bits per heavy atom. The minimum absolute atomic E-state index is 0. The Balaban J connectivity index is 0.00000261.